The number of hydrogen-bond acceptors (Lipinski definition) is 4. The molecule has 6 heteroatoms. The van der Waals surface area contributed by atoms with E-state index >= 15 is 0 Å². The Hall–Kier alpha value is -1.03. The fourth-order valence-corrected chi connectivity index (χ4v) is 2.94. The molecule has 0 N–H and O–H groups in total. The van der Waals surface area contributed by atoms with E-state index < -0.39 is 13.7 Å². The molecule has 2 rings (SSSR count). The summed E-state index contributed by atoms with van der Waals surface area (Å²) < 4.78 is 11.9. The minimum absolute atomic E-state index is 0.296. The summed E-state index contributed by atoms with van der Waals surface area (Å²) in [4.78, 5) is 16.4. The van der Waals surface area contributed by atoms with Crippen molar-refractivity contribution in [3.8, 4) is 0 Å². The van der Waals surface area contributed by atoms with E-state index in [0.29, 0.717) is 6.61 Å². The molecule has 0 amide bonds. The summed E-state index contributed by atoms with van der Waals surface area (Å²) in [6.07, 6.45) is 0. The van der Waals surface area contributed by atoms with E-state index in [-0.39, 0.29) is 5.71 Å². The molecule has 0 spiro atoms. The van der Waals surface area contributed by atoms with Crippen molar-refractivity contribution < 1.29 is 14.1 Å². The number of carbonyl (C=O) groups excluding carboxylic acids is 1. The minimum Gasteiger partial charge on any atom is -0.455 e. The molecule has 1 heterocycles. The summed E-state index contributed by atoms with van der Waals surface area (Å²) in [5.41, 5.74) is 0.896. The molecule has 0 radical (unpaired) electrons. The molecule has 132 valence electrons. The molecule has 0 saturated heterocycles. The van der Waals surface area contributed by atoms with Gasteiger partial charge in [-0.1, -0.05) is 41.9 Å². The van der Waals surface area contributed by atoms with Crippen molar-refractivity contribution in [2.45, 2.75) is 46.8 Å². The first-order valence-corrected chi connectivity index (χ1v) is 10.4. The predicted octanol–water partition coefficient (Wildman–Crippen LogP) is 6.50. The summed E-state index contributed by atoms with van der Waals surface area (Å²) >= 11 is 3.44. The first-order chi connectivity index (χ1) is 11.2. The van der Waals surface area contributed by atoms with Crippen LogP contribution in [0.1, 0.15) is 40.3 Å². The van der Waals surface area contributed by atoms with E-state index in [1.54, 1.807) is 6.66 Å². The van der Waals surface area contributed by atoms with Crippen LogP contribution in [-0.2, 0) is 15.9 Å². The number of ether oxygens (including phenoxy) is 1. The van der Waals surface area contributed by atoms with E-state index in [2.05, 4.69) is 20.9 Å². The van der Waals surface area contributed by atoms with Crippen LogP contribution in [0.5, 0.6) is 0 Å². The van der Waals surface area contributed by atoms with Gasteiger partial charge in [0.25, 0.3) is 0 Å². The van der Waals surface area contributed by atoms with Crippen LogP contribution in [0.3, 0.4) is 0 Å². The van der Waals surface area contributed by atoms with Gasteiger partial charge in [-0.25, -0.2) is 4.79 Å². The fourth-order valence-electron chi connectivity index (χ4n) is 1.75. The van der Waals surface area contributed by atoms with Crippen molar-refractivity contribution in [2.24, 2.45) is 0 Å². The second-order valence-corrected chi connectivity index (χ2v) is 8.42. The van der Waals surface area contributed by atoms with Crippen molar-refractivity contribution in [3.63, 3.8) is 0 Å². The molecule has 24 heavy (non-hydrogen) atoms. The van der Waals surface area contributed by atoms with Gasteiger partial charge < -0.3 is 9.26 Å². The van der Waals surface area contributed by atoms with Gasteiger partial charge in [0.05, 0.1) is 17.8 Å². The van der Waals surface area contributed by atoms with Crippen molar-refractivity contribution in [2.75, 3.05) is 6.66 Å². The van der Waals surface area contributed by atoms with Crippen LogP contribution in [0.2, 0.25) is 0 Å². The van der Waals surface area contributed by atoms with Crippen LogP contribution in [0.15, 0.2) is 34.8 Å². The molecule has 1 aromatic carbocycles. The molecule has 0 aliphatic rings. The molecule has 0 bridgehead atoms. The maximum atomic E-state index is 11.9. The highest BCUT2D eigenvalue weighted by molar-refractivity contribution is 9.10. The van der Waals surface area contributed by atoms with Crippen molar-refractivity contribution in [1.29, 1.82) is 0 Å². The van der Waals surface area contributed by atoms with Crippen molar-refractivity contribution in [1.82, 2.24) is 4.98 Å². The predicted molar refractivity (Wildman–Crippen MR) is 105 cm³/mol. The average Bonchev–Trinajstić information content (AvgIpc) is 2.52. The molecule has 0 aliphatic heterocycles. The summed E-state index contributed by atoms with van der Waals surface area (Å²) in [6, 6.07) is 9.85. The fraction of sp³-hybridized carbons (Fsp3) is 0.444. The summed E-state index contributed by atoms with van der Waals surface area (Å²) in [5.74, 6) is 0. The zero-order valence-corrected chi connectivity index (χ0v) is 17.6. The number of hydrogen-bond donors (Lipinski definition) is 0. The third-order valence-corrected chi connectivity index (χ3v) is 4.38. The zero-order chi connectivity index (χ0) is 18.3. The molecule has 4 nitrogen and oxygen atoms in total. The quantitative estimate of drug-likeness (QED) is 0.536. The summed E-state index contributed by atoms with van der Waals surface area (Å²) in [7, 11) is -1.29. The average molecular weight is 414 g/mol. The number of nitrogens with zero attached hydrogens (tertiary/aromatic N) is 1. The van der Waals surface area contributed by atoms with Gasteiger partial charge in [0.15, 0.2) is 0 Å². The zero-order valence-electron chi connectivity index (χ0n) is 15.1. The van der Waals surface area contributed by atoms with E-state index in [1.807, 2.05) is 65.0 Å². The highest BCUT2D eigenvalue weighted by Gasteiger charge is 2.22. The number of rotatable bonds is 4. The van der Waals surface area contributed by atoms with Crippen LogP contribution in [0, 0.1) is 0 Å². The van der Waals surface area contributed by atoms with Crippen molar-refractivity contribution >= 4 is 40.7 Å². The lowest BCUT2D eigenvalue weighted by atomic mass is 10.2. The molecule has 1 atom stereocenters. The Morgan fingerprint density at radius 2 is 1.83 bits per heavy atom. The van der Waals surface area contributed by atoms with Crippen LogP contribution >= 0.6 is 24.1 Å². The van der Waals surface area contributed by atoms with Gasteiger partial charge in [-0.3, -0.25) is 4.98 Å². The van der Waals surface area contributed by atoms with Crippen LogP contribution < -0.4 is 0 Å². The third-order valence-electron chi connectivity index (χ3n) is 2.77. The Kier molecular flexibility index (Phi) is 8.28. The number of fused-ring (bicyclic) bond motifs is 1. The number of aromatic nitrogens is 1. The Bertz CT molecular complexity index is 686. The maximum absolute atomic E-state index is 11.9. The lowest BCUT2D eigenvalue weighted by Gasteiger charge is -2.21. The molecule has 0 saturated carbocycles. The lowest BCUT2D eigenvalue weighted by molar-refractivity contribution is 0.0705. The smallest absolute Gasteiger partial charge is 0.354 e. The Labute approximate surface area is 153 Å². The standard InChI is InChI=1S/C16H19BrNO3P.C2H6/c1-16(2,3)21-15(19)22(4)20-10-13-8-6-11-5-7-12(17)9-14(11)18-13;1-2/h5-9H,10H2,1-4H3;1-2H3. The second-order valence-electron chi connectivity index (χ2n) is 5.89. The number of halogens is 1. The summed E-state index contributed by atoms with van der Waals surface area (Å²) in [6.45, 7) is 11.6. The Balaban J connectivity index is 0.00000139. The highest BCUT2D eigenvalue weighted by Crippen LogP contribution is 2.37. The monoisotopic (exact) mass is 413 g/mol. The van der Waals surface area contributed by atoms with Gasteiger partial charge in [-0.2, -0.15) is 0 Å². The SMILES string of the molecule is CC.CP(OCc1ccc2ccc(Br)cc2n1)C(=O)OC(C)(C)C. The van der Waals surface area contributed by atoms with E-state index in [0.717, 1.165) is 21.1 Å². The molecule has 0 aliphatic carbocycles. The number of pyridine rings is 1. The minimum atomic E-state index is -1.29. The van der Waals surface area contributed by atoms with Gasteiger partial charge in [0.1, 0.15) is 13.7 Å². The van der Waals surface area contributed by atoms with Gasteiger partial charge in [0, 0.05) is 9.86 Å². The first kappa shape index (κ1) is 21.0. The van der Waals surface area contributed by atoms with Gasteiger partial charge in [-0.05, 0) is 45.6 Å². The molecule has 0 fully saturated rings. The van der Waals surface area contributed by atoms with Crippen molar-refractivity contribution in [3.05, 3.63) is 40.5 Å². The highest BCUT2D eigenvalue weighted by atomic mass is 79.9. The first-order valence-electron chi connectivity index (χ1n) is 7.89. The van der Waals surface area contributed by atoms with E-state index in [9.17, 15) is 4.79 Å². The van der Waals surface area contributed by atoms with Crippen LogP contribution in [0.4, 0.5) is 4.79 Å². The summed E-state index contributed by atoms with van der Waals surface area (Å²) in [5, 5.41) is 1.07. The van der Waals surface area contributed by atoms with Gasteiger partial charge in [0.2, 0.25) is 0 Å². The van der Waals surface area contributed by atoms with E-state index in [1.165, 1.54) is 0 Å². The maximum Gasteiger partial charge on any atom is 0.354 e. The lowest BCUT2D eigenvalue weighted by Crippen LogP contribution is -2.22. The second kappa shape index (κ2) is 9.45. The molecular weight excluding hydrogens is 389 g/mol. The molecule has 1 unspecified atom stereocenters. The molecule has 2 aromatic rings. The normalized spacial score (nSPS) is 12.3. The topological polar surface area (TPSA) is 48.4 Å². The Morgan fingerprint density at radius 3 is 2.46 bits per heavy atom. The largest absolute Gasteiger partial charge is 0.455 e. The van der Waals surface area contributed by atoms with Crippen LogP contribution in [-0.4, -0.2) is 23.0 Å². The molecular formula is C18H25BrNO3P. The molecule has 1 aromatic heterocycles. The van der Waals surface area contributed by atoms with Gasteiger partial charge >= 0.3 is 5.71 Å². The van der Waals surface area contributed by atoms with Crippen LogP contribution in [0.25, 0.3) is 10.9 Å². The number of benzene rings is 1. The number of carbonyl (C=O) groups is 1. The Morgan fingerprint density at radius 1 is 1.21 bits per heavy atom. The van der Waals surface area contributed by atoms with E-state index in [4.69, 9.17) is 9.26 Å². The third kappa shape index (κ3) is 6.84. The van der Waals surface area contributed by atoms with Gasteiger partial charge in [-0.15, -0.1) is 0 Å².